The van der Waals surface area contributed by atoms with Crippen LogP contribution in [0.15, 0.2) is 41.3 Å². The SMILES string of the molecule is CCN1c2cc(OC)c(/C=C3/SC(=O)N(CC(=O)Nc4ccc(C)cc4C)C3=O)cc2C(C)=CC1(C)C. The Labute approximate surface area is 222 Å². The van der Waals surface area contributed by atoms with Gasteiger partial charge < -0.3 is 15.0 Å². The van der Waals surface area contributed by atoms with Gasteiger partial charge in [0.15, 0.2) is 0 Å². The quantitative estimate of drug-likeness (QED) is 0.471. The molecule has 2 aliphatic heterocycles. The van der Waals surface area contributed by atoms with E-state index in [4.69, 9.17) is 4.74 Å². The molecule has 0 aliphatic carbocycles. The predicted molar refractivity (Wildman–Crippen MR) is 151 cm³/mol. The summed E-state index contributed by atoms with van der Waals surface area (Å²) in [5.74, 6) is -0.305. The Morgan fingerprint density at radius 3 is 2.51 bits per heavy atom. The number of nitrogens with zero attached hydrogens (tertiary/aromatic N) is 2. The van der Waals surface area contributed by atoms with Crippen molar-refractivity contribution in [1.82, 2.24) is 4.90 Å². The smallest absolute Gasteiger partial charge is 0.294 e. The maximum Gasteiger partial charge on any atom is 0.294 e. The van der Waals surface area contributed by atoms with Gasteiger partial charge in [0.1, 0.15) is 12.3 Å². The van der Waals surface area contributed by atoms with Gasteiger partial charge in [0.25, 0.3) is 11.1 Å². The van der Waals surface area contributed by atoms with Gasteiger partial charge in [-0.15, -0.1) is 0 Å². The number of hydrogen-bond donors (Lipinski definition) is 1. The molecule has 2 heterocycles. The first-order valence-electron chi connectivity index (χ1n) is 12.3. The Balaban J connectivity index is 1.59. The molecular formula is C29H33N3O4S. The summed E-state index contributed by atoms with van der Waals surface area (Å²) < 4.78 is 5.68. The van der Waals surface area contributed by atoms with Gasteiger partial charge in [-0.2, -0.15) is 0 Å². The van der Waals surface area contributed by atoms with E-state index in [2.05, 4.69) is 44.0 Å². The zero-order chi connectivity index (χ0) is 27.1. The number of carbonyl (C=O) groups excluding carboxylic acids is 3. The fraction of sp³-hybridized carbons (Fsp3) is 0.345. The van der Waals surface area contributed by atoms with Gasteiger partial charge in [-0.1, -0.05) is 23.8 Å². The van der Waals surface area contributed by atoms with Crippen LogP contribution in [-0.2, 0) is 9.59 Å². The minimum absolute atomic E-state index is 0.140. The first-order valence-corrected chi connectivity index (χ1v) is 13.1. The fourth-order valence-corrected chi connectivity index (χ4v) is 5.88. The van der Waals surface area contributed by atoms with Gasteiger partial charge >= 0.3 is 0 Å². The van der Waals surface area contributed by atoms with E-state index in [1.807, 2.05) is 44.2 Å². The normalized spacial score (nSPS) is 17.7. The average molecular weight is 520 g/mol. The lowest BCUT2D eigenvalue weighted by molar-refractivity contribution is -0.127. The van der Waals surface area contributed by atoms with Crippen LogP contribution in [0.2, 0.25) is 0 Å². The van der Waals surface area contributed by atoms with Crippen molar-refractivity contribution in [2.75, 3.05) is 30.4 Å². The Bertz CT molecular complexity index is 1360. The van der Waals surface area contributed by atoms with E-state index >= 15 is 0 Å². The minimum Gasteiger partial charge on any atom is -0.496 e. The van der Waals surface area contributed by atoms with Crippen LogP contribution in [0.5, 0.6) is 5.75 Å². The Kier molecular flexibility index (Phi) is 7.24. The lowest BCUT2D eigenvalue weighted by atomic mass is 9.87. The van der Waals surface area contributed by atoms with Crippen LogP contribution in [0.1, 0.15) is 49.9 Å². The summed E-state index contributed by atoms with van der Waals surface area (Å²) in [7, 11) is 1.59. The zero-order valence-electron chi connectivity index (χ0n) is 22.4. The van der Waals surface area contributed by atoms with E-state index in [9.17, 15) is 14.4 Å². The highest BCUT2D eigenvalue weighted by Crippen LogP contribution is 2.43. The predicted octanol–water partition coefficient (Wildman–Crippen LogP) is 6.01. The molecule has 0 saturated carbocycles. The van der Waals surface area contributed by atoms with Gasteiger partial charge in [-0.05, 0) is 82.6 Å². The topological polar surface area (TPSA) is 79.0 Å². The molecule has 1 N–H and O–H groups in total. The van der Waals surface area contributed by atoms with Crippen molar-refractivity contribution in [3.63, 3.8) is 0 Å². The standard InChI is InChI=1S/C29H33N3O4S/c1-8-32-23-14-24(36-7)20(12-21(23)19(4)15-29(32,5)6)13-25-27(34)31(28(35)37-25)16-26(33)30-22-10-9-17(2)11-18(22)3/h9-15H,8,16H2,1-7H3,(H,30,33)/b25-13+. The maximum absolute atomic E-state index is 13.1. The molecule has 8 heteroatoms. The largest absolute Gasteiger partial charge is 0.496 e. The third kappa shape index (κ3) is 5.16. The van der Waals surface area contributed by atoms with Crippen molar-refractivity contribution < 1.29 is 19.1 Å². The molecule has 0 radical (unpaired) electrons. The second kappa shape index (κ2) is 10.1. The number of methoxy groups -OCH3 is 1. The summed E-state index contributed by atoms with van der Waals surface area (Å²) in [5, 5.41) is 2.33. The second-order valence-corrected chi connectivity index (χ2v) is 11.0. The highest BCUT2D eigenvalue weighted by atomic mass is 32.2. The van der Waals surface area contributed by atoms with E-state index < -0.39 is 17.1 Å². The molecule has 1 fully saturated rings. The number of benzene rings is 2. The number of nitrogens with one attached hydrogen (secondary N) is 1. The van der Waals surface area contributed by atoms with Crippen LogP contribution in [0.25, 0.3) is 11.6 Å². The highest BCUT2D eigenvalue weighted by molar-refractivity contribution is 8.18. The van der Waals surface area contributed by atoms with Gasteiger partial charge in [0, 0.05) is 35.1 Å². The van der Waals surface area contributed by atoms with Crippen LogP contribution in [0.4, 0.5) is 16.2 Å². The summed E-state index contributed by atoms with van der Waals surface area (Å²) in [4.78, 5) is 42.0. The number of amides is 3. The van der Waals surface area contributed by atoms with Crippen LogP contribution in [-0.4, -0.2) is 47.7 Å². The molecule has 1 saturated heterocycles. The molecule has 0 spiro atoms. The second-order valence-electron chi connectivity index (χ2n) is 9.97. The van der Waals surface area contributed by atoms with Gasteiger partial charge in [-0.25, -0.2) is 0 Å². The number of carbonyl (C=O) groups is 3. The third-order valence-electron chi connectivity index (χ3n) is 6.76. The van der Waals surface area contributed by atoms with Gasteiger partial charge in [-0.3, -0.25) is 19.3 Å². The average Bonchev–Trinajstić information content (AvgIpc) is 3.08. The molecular weight excluding hydrogens is 486 g/mol. The summed E-state index contributed by atoms with van der Waals surface area (Å²) in [5.41, 5.74) is 6.48. The number of rotatable bonds is 6. The summed E-state index contributed by atoms with van der Waals surface area (Å²) in [6.45, 7) is 12.9. The number of thioether (sulfide) groups is 1. The summed E-state index contributed by atoms with van der Waals surface area (Å²) in [6.07, 6.45) is 3.91. The molecule has 2 aromatic rings. The van der Waals surface area contributed by atoms with Crippen LogP contribution in [0, 0.1) is 13.8 Å². The lowest BCUT2D eigenvalue weighted by Gasteiger charge is -2.43. The highest BCUT2D eigenvalue weighted by Gasteiger charge is 2.37. The molecule has 37 heavy (non-hydrogen) atoms. The van der Waals surface area contributed by atoms with Crippen molar-refractivity contribution in [2.24, 2.45) is 0 Å². The third-order valence-corrected chi connectivity index (χ3v) is 7.67. The van der Waals surface area contributed by atoms with Crippen LogP contribution < -0.4 is 15.0 Å². The van der Waals surface area contributed by atoms with Crippen LogP contribution >= 0.6 is 11.8 Å². The van der Waals surface area contributed by atoms with Crippen molar-refractivity contribution in [3.8, 4) is 5.75 Å². The number of anilines is 2. The van der Waals surface area contributed by atoms with E-state index in [0.717, 1.165) is 51.2 Å². The Morgan fingerprint density at radius 1 is 1.14 bits per heavy atom. The molecule has 3 amide bonds. The Morgan fingerprint density at radius 2 is 1.86 bits per heavy atom. The number of likely N-dealkylation sites (N-methyl/N-ethyl adjacent to an activating group) is 1. The molecule has 2 aliphatic rings. The van der Waals surface area contributed by atoms with Crippen LogP contribution in [0.3, 0.4) is 0 Å². The molecule has 194 valence electrons. The van der Waals surface area contributed by atoms with E-state index in [1.165, 1.54) is 0 Å². The molecule has 0 aromatic heterocycles. The number of imide groups is 1. The van der Waals surface area contributed by atoms with Crippen molar-refractivity contribution in [2.45, 2.75) is 47.1 Å². The molecule has 4 rings (SSSR count). The Hall–Kier alpha value is -3.52. The fourth-order valence-electron chi connectivity index (χ4n) is 5.05. The lowest BCUT2D eigenvalue weighted by Crippen LogP contribution is -2.44. The van der Waals surface area contributed by atoms with E-state index in [1.54, 1.807) is 13.2 Å². The first kappa shape index (κ1) is 26.5. The van der Waals surface area contributed by atoms with Crippen molar-refractivity contribution in [1.29, 1.82) is 0 Å². The van der Waals surface area contributed by atoms with E-state index in [-0.39, 0.29) is 17.0 Å². The molecule has 2 aromatic carbocycles. The van der Waals surface area contributed by atoms with Crippen molar-refractivity contribution >= 4 is 51.8 Å². The maximum atomic E-state index is 13.1. The summed E-state index contributed by atoms with van der Waals surface area (Å²) >= 11 is 0.830. The van der Waals surface area contributed by atoms with Crippen molar-refractivity contribution in [3.05, 3.63) is 63.6 Å². The summed E-state index contributed by atoms with van der Waals surface area (Å²) in [6, 6.07) is 9.66. The van der Waals surface area contributed by atoms with Gasteiger partial charge in [0.2, 0.25) is 5.91 Å². The molecule has 7 nitrogen and oxygen atoms in total. The molecule has 0 bridgehead atoms. The number of ether oxygens (including phenoxy) is 1. The molecule has 0 unspecified atom stereocenters. The van der Waals surface area contributed by atoms with E-state index in [0.29, 0.717) is 17.0 Å². The number of fused-ring (bicyclic) bond motifs is 1. The number of aryl methyl sites for hydroxylation is 2. The van der Waals surface area contributed by atoms with Gasteiger partial charge in [0.05, 0.1) is 17.6 Å². The first-order chi connectivity index (χ1) is 17.4. The monoisotopic (exact) mass is 519 g/mol. The number of allylic oxidation sites excluding steroid dienone is 1. The zero-order valence-corrected chi connectivity index (χ0v) is 23.2. The molecule has 0 atom stereocenters. The minimum atomic E-state index is -0.492. The number of hydrogen-bond acceptors (Lipinski definition) is 6.